The smallest absolute Gasteiger partial charge is 0.133 e. The summed E-state index contributed by atoms with van der Waals surface area (Å²) in [5, 5.41) is 11.1. The second-order valence-corrected chi connectivity index (χ2v) is 11.0. The van der Waals surface area contributed by atoms with E-state index < -0.39 is 5.60 Å². The van der Waals surface area contributed by atoms with Gasteiger partial charge in [-0.1, -0.05) is 6.92 Å². The van der Waals surface area contributed by atoms with Gasteiger partial charge < -0.3 is 14.6 Å². The minimum absolute atomic E-state index is 0.202. The first-order valence-electron chi connectivity index (χ1n) is 11.5. The summed E-state index contributed by atoms with van der Waals surface area (Å²) in [6.45, 7) is 5.49. The summed E-state index contributed by atoms with van der Waals surface area (Å²) in [7, 11) is 3.54. The van der Waals surface area contributed by atoms with Gasteiger partial charge in [-0.2, -0.15) is 0 Å². The highest BCUT2D eigenvalue weighted by Gasteiger charge is 2.63. The first-order chi connectivity index (χ1) is 13.3. The van der Waals surface area contributed by atoms with Crippen molar-refractivity contribution < 1.29 is 19.4 Å². The third-order valence-corrected chi connectivity index (χ3v) is 9.84. The van der Waals surface area contributed by atoms with Crippen LogP contribution in [-0.4, -0.2) is 43.9 Å². The number of aliphatic hydroxyl groups is 1. The maximum atomic E-state index is 12.3. The van der Waals surface area contributed by atoms with Gasteiger partial charge in [-0.05, 0) is 99.2 Å². The maximum absolute atomic E-state index is 12.3. The first kappa shape index (κ1) is 20.8. The van der Waals surface area contributed by atoms with E-state index in [0.29, 0.717) is 30.1 Å². The van der Waals surface area contributed by atoms with Crippen LogP contribution in [0.1, 0.15) is 71.6 Å². The summed E-state index contributed by atoms with van der Waals surface area (Å²) in [6, 6.07) is 0. The molecule has 0 aromatic rings. The van der Waals surface area contributed by atoms with Gasteiger partial charge in [-0.15, -0.1) is 0 Å². The number of fused-ring (bicyclic) bond motifs is 5. The third-order valence-electron chi connectivity index (χ3n) is 9.84. The third kappa shape index (κ3) is 3.01. The van der Waals surface area contributed by atoms with E-state index in [0.717, 1.165) is 38.2 Å². The molecule has 0 aromatic heterocycles. The molecule has 0 bridgehead atoms. The van der Waals surface area contributed by atoms with Gasteiger partial charge >= 0.3 is 0 Å². The van der Waals surface area contributed by atoms with Gasteiger partial charge in [-0.25, -0.2) is 0 Å². The minimum Gasteiger partial charge on any atom is -0.387 e. The van der Waals surface area contributed by atoms with Crippen molar-refractivity contribution in [2.24, 2.45) is 40.4 Å². The van der Waals surface area contributed by atoms with Crippen LogP contribution in [-0.2, 0) is 14.3 Å². The van der Waals surface area contributed by atoms with E-state index in [4.69, 9.17) is 9.47 Å². The van der Waals surface area contributed by atoms with E-state index in [9.17, 15) is 9.90 Å². The zero-order valence-electron chi connectivity index (χ0n) is 18.3. The Morgan fingerprint density at radius 1 is 0.964 bits per heavy atom. The maximum Gasteiger partial charge on any atom is 0.133 e. The fourth-order valence-corrected chi connectivity index (χ4v) is 8.74. The molecule has 0 heterocycles. The Labute approximate surface area is 170 Å². The molecule has 28 heavy (non-hydrogen) atoms. The number of hydrogen-bond donors (Lipinski definition) is 1. The van der Waals surface area contributed by atoms with Gasteiger partial charge in [0.25, 0.3) is 0 Å². The molecule has 4 fully saturated rings. The van der Waals surface area contributed by atoms with E-state index in [1.165, 1.54) is 32.1 Å². The fourth-order valence-electron chi connectivity index (χ4n) is 8.74. The van der Waals surface area contributed by atoms with Crippen molar-refractivity contribution in [3.63, 3.8) is 0 Å². The normalized spacial score (nSPS) is 50.5. The summed E-state index contributed by atoms with van der Waals surface area (Å²) >= 11 is 0. The molecule has 4 nitrogen and oxygen atoms in total. The molecule has 4 aliphatic carbocycles. The van der Waals surface area contributed by atoms with Crippen LogP contribution >= 0.6 is 0 Å². The van der Waals surface area contributed by atoms with Crippen LogP contribution in [0.3, 0.4) is 0 Å². The molecule has 4 heteroatoms. The van der Waals surface area contributed by atoms with Gasteiger partial charge in [0, 0.05) is 20.1 Å². The van der Waals surface area contributed by atoms with Crippen LogP contribution in [0.2, 0.25) is 0 Å². The van der Waals surface area contributed by atoms with E-state index in [1.54, 1.807) is 7.11 Å². The van der Waals surface area contributed by atoms with Crippen LogP contribution in [0.4, 0.5) is 0 Å². The molecule has 4 saturated carbocycles. The summed E-state index contributed by atoms with van der Waals surface area (Å²) < 4.78 is 11.2. The Morgan fingerprint density at radius 3 is 2.39 bits per heavy atom. The molecule has 0 aromatic carbocycles. The lowest BCUT2D eigenvalue weighted by Crippen LogP contribution is -2.59. The predicted molar refractivity (Wildman–Crippen MR) is 109 cm³/mol. The topological polar surface area (TPSA) is 55.8 Å². The molecule has 0 spiro atoms. The highest BCUT2D eigenvalue weighted by atomic mass is 16.5. The van der Waals surface area contributed by atoms with Gasteiger partial charge in [0.05, 0.1) is 18.8 Å². The second-order valence-electron chi connectivity index (χ2n) is 11.0. The lowest BCUT2D eigenvalue weighted by molar-refractivity contribution is -0.186. The highest BCUT2D eigenvalue weighted by molar-refractivity contribution is 5.79. The second kappa shape index (κ2) is 7.35. The van der Waals surface area contributed by atoms with Crippen molar-refractivity contribution in [3.05, 3.63) is 0 Å². The highest BCUT2D eigenvalue weighted by Crippen LogP contribution is 2.68. The van der Waals surface area contributed by atoms with Crippen molar-refractivity contribution in [2.45, 2.75) is 77.2 Å². The zero-order valence-corrected chi connectivity index (χ0v) is 18.3. The van der Waals surface area contributed by atoms with E-state index in [1.807, 2.05) is 14.0 Å². The van der Waals surface area contributed by atoms with E-state index in [2.05, 4.69) is 6.92 Å². The van der Waals surface area contributed by atoms with Crippen LogP contribution < -0.4 is 0 Å². The standard InChI is InChI=1S/C24H40O4/c1-16(25)19-7-8-20-18-6-5-17-13-23(26,14-27-3)11-12-24(17,15-28-4)21(18)9-10-22(19,20)2/h17-21,26H,5-15H2,1-4H3/t17-,18+,19-,20+,21+,22-,23-,24-/m1/s1. The monoisotopic (exact) mass is 392 g/mol. The largest absolute Gasteiger partial charge is 0.387 e. The fraction of sp³-hybridized carbons (Fsp3) is 0.958. The average Bonchev–Trinajstić information content (AvgIpc) is 3.00. The van der Waals surface area contributed by atoms with Crippen LogP contribution in [0.5, 0.6) is 0 Å². The quantitative estimate of drug-likeness (QED) is 0.760. The van der Waals surface area contributed by atoms with Crippen molar-refractivity contribution in [2.75, 3.05) is 27.4 Å². The Bertz CT molecular complexity index is 605. The Balaban J connectivity index is 1.62. The Hall–Kier alpha value is -0.450. The lowest BCUT2D eigenvalue weighted by atomic mass is 9.43. The number of methoxy groups -OCH3 is 2. The molecule has 4 rings (SSSR count). The minimum atomic E-state index is -0.667. The number of Topliss-reactive ketones (excluding diaryl/α,β-unsaturated/α-hetero) is 1. The molecule has 0 saturated heterocycles. The SMILES string of the molecule is COC[C@@]1(O)CC[C@@]2(COC)[C@H](CC[C@H]3[C@@H]4CC[C@H](C(C)=O)[C@@]4(C)CC[C@@H]32)C1. The number of carbonyl (C=O) groups excluding carboxylic acids is 1. The summed E-state index contributed by atoms with van der Waals surface area (Å²) in [5.74, 6) is 3.30. The zero-order chi connectivity index (χ0) is 20.2. The average molecular weight is 393 g/mol. The summed E-state index contributed by atoms with van der Waals surface area (Å²) in [4.78, 5) is 12.3. The summed E-state index contributed by atoms with van der Waals surface area (Å²) in [5.41, 5.74) is -0.257. The Morgan fingerprint density at radius 2 is 1.71 bits per heavy atom. The van der Waals surface area contributed by atoms with E-state index in [-0.39, 0.29) is 16.7 Å². The van der Waals surface area contributed by atoms with Crippen LogP contribution in [0.25, 0.3) is 0 Å². The van der Waals surface area contributed by atoms with Crippen molar-refractivity contribution >= 4 is 5.78 Å². The lowest BCUT2D eigenvalue weighted by Gasteiger charge is -2.62. The first-order valence-corrected chi connectivity index (χ1v) is 11.5. The number of rotatable bonds is 5. The Kier molecular flexibility index (Phi) is 5.46. The van der Waals surface area contributed by atoms with Gasteiger partial charge in [0.1, 0.15) is 5.78 Å². The van der Waals surface area contributed by atoms with Crippen molar-refractivity contribution in [1.82, 2.24) is 0 Å². The molecular weight excluding hydrogens is 352 g/mol. The molecule has 160 valence electrons. The summed E-state index contributed by atoms with van der Waals surface area (Å²) in [6.07, 6.45) is 9.90. The van der Waals surface area contributed by atoms with Crippen LogP contribution in [0, 0.1) is 40.4 Å². The number of ketones is 1. The number of hydrogen-bond acceptors (Lipinski definition) is 4. The molecule has 0 amide bonds. The number of ether oxygens (including phenoxy) is 2. The molecule has 4 aliphatic rings. The van der Waals surface area contributed by atoms with Gasteiger partial charge in [0.15, 0.2) is 0 Å². The van der Waals surface area contributed by atoms with Gasteiger partial charge in [-0.3, -0.25) is 4.79 Å². The molecule has 0 unspecified atom stereocenters. The molecule has 8 atom stereocenters. The molecule has 0 radical (unpaired) electrons. The number of carbonyl (C=O) groups is 1. The molecule has 1 N–H and O–H groups in total. The van der Waals surface area contributed by atoms with E-state index >= 15 is 0 Å². The van der Waals surface area contributed by atoms with Gasteiger partial charge in [0.2, 0.25) is 0 Å². The van der Waals surface area contributed by atoms with Crippen molar-refractivity contribution in [1.29, 1.82) is 0 Å². The van der Waals surface area contributed by atoms with Crippen molar-refractivity contribution in [3.8, 4) is 0 Å². The molecule has 0 aliphatic heterocycles. The molecular formula is C24H40O4. The predicted octanol–water partition coefficient (Wildman–Crippen LogP) is 4.24. The van der Waals surface area contributed by atoms with Crippen LogP contribution in [0.15, 0.2) is 0 Å².